The molecule has 0 spiro atoms. The Balaban J connectivity index is 1.14. The summed E-state index contributed by atoms with van der Waals surface area (Å²) in [4.78, 5) is 15.8. The van der Waals surface area contributed by atoms with Crippen LogP contribution in [-0.2, 0) is 0 Å². The Hall–Kier alpha value is -7.27. The monoisotopic (exact) mass is 743 g/mol. The van der Waals surface area contributed by atoms with Crippen LogP contribution >= 0.6 is 11.3 Å². The van der Waals surface area contributed by atoms with Crippen LogP contribution in [-0.4, -0.2) is 15.0 Å². The summed E-state index contributed by atoms with van der Waals surface area (Å²) in [6.07, 6.45) is 0. The number of pyridine rings is 1. The van der Waals surface area contributed by atoms with Gasteiger partial charge in [0.2, 0.25) is 0 Å². The van der Waals surface area contributed by atoms with Crippen LogP contribution in [0.1, 0.15) is 0 Å². The molecule has 3 nitrogen and oxygen atoms in total. The number of benzene rings is 8. The molecule has 57 heavy (non-hydrogen) atoms. The second-order valence-corrected chi connectivity index (χ2v) is 15.5. The SMILES string of the molecule is c1ccc(-c2cccc(-c3cc(-c4ccc5sc6ccc7c(-c8ccccc8)nc8ccccc8c7c6c5c4)nc(-c4cccc(-c5ccccc5)c4)n3)c2)cc1. The third-order valence-electron chi connectivity index (χ3n) is 10.9. The van der Waals surface area contributed by atoms with Crippen LogP contribution in [0.4, 0.5) is 0 Å². The third kappa shape index (κ3) is 5.95. The van der Waals surface area contributed by atoms with E-state index < -0.39 is 0 Å². The molecule has 3 aromatic heterocycles. The molecular formula is C53H33N3S. The second-order valence-electron chi connectivity index (χ2n) is 14.4. The zero-order valence-corrected chi connectivity index (χ0v) is 31.6. The van der Waals surface area contributed by atoms with Gasteiger partial charge in [0.15, 0.2) is 5.82 Å². The average Bonchev–Trinajstić information content (AvgIpc) is 3.68. The molecule has 0 fully saturated rings. The van der Waals surface area contributed by atoms with Crippen LogP contribution in [0.3, 0.4) is 0 Å². The van der Waals surface area contributed by atoms with Gasteiger partial charge in [0.25, 0.3) is 0 Å². The Morgan fingerprint density at radius 3 is 1.54 bits per heavy atom. The van der Waals surface area contributed by atoms with Crippen LogP contribution in [0.2, 0.25) is 0 Å². The zero-order valence-electron chi connectivity index (χ0n) is 30.8. The van der Waals surface area contributed by atoms with E-state index in [0.29, 0.717) is 5.82 Å². The van der Waals surface area contributed by atoms with E-state index in [2.05, 4.69) is 194 Å². The van der Waals surface area contributed by atoms with Gasteiger partial charge in [-0.25, -0.2) is 15.0 Å². The highest BCUT2D eigenvalue weighted by Crippen LogP contribution is 2.44. The number of nitrogens with zero attached hydrogens (tertiary/aromatic N) is 3. The van der Waals surface area contributed by atoms with Crippen LogP contribution in [0.25, 0.3) is 109 Å². The molecule has 11 rings (SSSR count). The second kappa shape index (κ2) is 13.8. The fourth-order valence-electron chi connectivity index (χ4n) is 8.11. The Bertz CT molecular complexity index is 3180. The van der Waals surface area contributed by atoms with Gasteiger partial charge in [-0.15, -0.1) is 11.3 Å². The molecule has 0 radical (unpaired) electrons. The Kier molecular flexibility index (Phi) is 8.01. The summed E-state index contributed by atoms with van der Waals surface area (Å²) in [7, 11) is 0. The quantitative estimate of drug-likeness (QED) is 0.159. The first kappa shape index (κ1) is 33.1. The van der Waals surface area contributed by atoms with Crippen molar-refractivity contribution in [3.8, 4) is 67.4 Å². The predicted molar refractivity (Wildman–Crippen MR) is 240 cm³/mol. The lowest BCUT2D eigenvalue weighted by molar-refractivity contribution is 1.18. The van der Waals surface area contributed by atoms with Gasteiger partial charge in [-0.1, -0.05) is 158 Å². The third-order valence-corrected chi connectivity index (χ3v) is 12.0. The van der Waals surface area contributed by atoms with Crippen molar-refractivity contribution in [1.29, 1.82) is 0 Å². The molecule has 0 aliphatic rings. The van der Waals surface area contributed by atoms with Crippen molar-refractivity contribution in [3.63, 3.8) is 0 Å². The summed E-state index contributed by atoms with van der Waals surface area (Å²) in [6, 6.07) is 70.8. The molecule has 0 saturated carbocycles. The van der Waals surface area contributed by atoms with Gasteiger partial charge in [-0.05, 0) is 64.7 Å². The minimum atomic E-state index is 0.690. The maximum absolute atomic E-state index is 5.33. The molecule has 0 unspecified atom stereocenters. The Labute approximate surface area is 334 Å². The van der Waals surface area contributed by atoms with Gasteiger partial charge >= 0.3 is 0 Å². The smallest absolute Gasteiger partial charge is 0.160 e. The van der Waals surface area contributed by atoms with Gasteiger partial charge in [-0.2, -0.15) is 0 Å². The molecule has 0 bridgehead atoms. The molecule has 0 aliphatic carbocycles. The van der Waals surface area contributed by atoms with E-state index in [0.717, 1.165) is 72.3 Å². The first-order valence-electron chi connectivity index (χ1n) is 19.2. The van der Waals surface area contributed by atoms with Crippen LogP contribution < -0.4 is 0 Å². The van der Waals surface area contributed by atoms with Crippen molar-refractivity contribution >= 4 is 53.2 Å². The first-order valence-corrected chi connectivity index (χ1v) is 20.0. The Morgan fingerprint density at radius 1 is 0.298 bits per heavy atom. The molecule has 0 N–H and O–H groups in total. The number of hydrogen-bond donors (Lipinski definition) is 0. The number of thiophene rings is 1. The minimum Gasteiger partial charge on any atom is -0.247 e. The average molecular weight is 744 g/mol. The number of rotatable bonds is 6. The summed E-state index contributed by atoms with van der Waals surface area (Å²) < 4.78 is 2.49. The zero-order chi connectivity index (χ0) is 37.7. The summed E-state index contributed by atoms with van der Waals surface area (Å²) in [6.45, 7) is 0. The maximum Gasteiger partial charge on any atom is 0.160 e. The molecule has 0 aliphatic heterocycles. The maximum atomic E-state index is 5.33. The lowest BCUT2D eigenvalue weighted by atomic mass is 9.95. The summed E-state index contributed by atoms with van der Waals surface area (Å²) in [5, 5.41) is 6.02. The van der Waals surface area contributed by atoms with Crippen molar-refractivity contribution in [3.05, 3.63) is 200 Å². The van der Waals surface area contributed by atoms with Gasteiger partial charge in [0, 0.05) is 58.6 Å². The molecule has 11 aromatic rings. The number of para-hydroxylation sites is 1. The summed E-state index contributed by atoms with van der Waals surface area (Å²) >= 11 is 1.84. The number of aromatic nitrogens is 3. The van der Waals surface area contributed by atoms with E-state index in [1.54, 1.807) is 0 Å². The van der Waals surface area contributed by atoms with Crippen LogP contribution in [0, 0.1) is 0 Å². The van der Waals surface area contributed by atoms with E-state index in [9.17, 15) is 0 Å². The topological polar surface area (TPSA) is 38.7 Å². The van der Waals surface area contributed by atoms with Crippen molar-refractivity contribution < 1.29 is 0 Å². The van der Waals surface area contributed by atoms with Gasteiger partial charge in [-0.3, -0.25) is 0 Å². The highest BCUT2D eigenvalue weighted by Gasteiger charge is 2.18. The summed E-state index contributed by atoms with van der Waals surface area (Å²) in [5.41, 5.74) is 12.5. The van der Waals surface area contributed by atoms with Crippen LogP contribution in [0.5, 0.6) is 0 Å². The number of hydrogen-bond acceptors (Lipinski definition) is 4. The van der Waals surface area contributed by atoms with Crippen molar-refractivity contribution in [1.82, 2.24) is 15.0 Å². The van der Waals surface area contributed by atoms with Gasteiger partial charge in [0.05, 0.1) is 22.6 Å². The van der Waals surface area contributed by atoms with Gasteiger partial charge < -0.3 is 0 Å². The molecular weight excluding hydrogens is 711 g/mol. The summed E-state index contributed by atoms with van der Waals surface area (Å²) in [5.74, 6) is 0.690. The van der Waals surface area contributed by atoms with E-state index >= 15 is 0 Å². The van der Waals surface area contributed by atoms with E-state index in [1.807, 2.05) is 17.4 Å². The fraction of sp³-hybridized carbons (Fsp3) is 0. The molecule has 266 valence electrons. The Morgan fingerprint density at radius 2 is 0.842 bits per heavy atom. The standard InChI is InChI=1S/C53H33N3S/c1-4-14-34(15-5-1)37-20-12-22-39(30-37)46-33-47(56-53(55-46)41-23-13-21-38(31-41)35-16-6-2-7-17-35)40-26-28-48-44(32-40)51-49(57-48)29-27-43-50(51)42-24-10-11-25-45(42)54-52(43)36-18-8-3-9-19-36/h1-33H. The van der Waals surface area contributed by atoms with Crippen molar-refractivity contribution in [2.75, 3.05) is 0 Å². The van der Waals surface area contributed by atoms with Crippen LogP contribution in [0.15, 0.2) is 200 Å². The molecule has 3 heterocycles. The van der Waals surface area contributed by atoms with E-state index in [1.165, 1.54) is 31.1 Å². The fourth-order valence-corrected chi connectivity index (χ4v) is 9.21. The molecule has 8 aromatic carbocycles. The van der Waals surface area contributed by atoms with Crippen molar-refractivity contribution in [2.24, 2.45) is 0 Å². The molecule has 0 amide bonds. The lowest BCUT2D eigenvalue weighted by Gasteiger charge is -2.12. The molecule has 4 heteroatoms. The highest BCUT2D eigenvalue weighted by atomic mass is 32.1. The predicted octanol–water partition coefficient (Wildman–Crippen LogP) is 14.5. The minimum absolute atomic E-state index is 0.690. The van der Waals surface area contributed by atoms with Gasteiger partial charge in [0.1, 0.15) is 0 Å². The van der Waals surface area contributed by atoms with Crippen molar-refractivity contribution in [2.45, 2.75) is 0 Å². The number of fused-ring (bicyclic) bond motifs is 7. The highest BCUT2D eigenvalue weighted by molar-refractivity contribution is 7.26. The normalized spacial score (nSPS) is 11.5. The molecule has 0 saturated heterocycles. The van der Waals surface area contributed by atoms with E-state index in [-0.39, 0.29) is 0 Å². The lowest BCUT2D eigenvalue weighted by Crippen LogP contribution is -1.96. The first-order chi connectivity index (χ1) is 28.2. The van der Waals surface area contributed by atoms with E-state index in [4.69, 9.17) is 15.0 Å². The largest absolute Gasteiger partial charge is 0.247 e. The molecule has 0 atom stereocenters.